The zero-order valence-electron chi connectivity index (χ0n) is 16.2. The van der Waals surface area contributed by atoms with Crippen LogP contribution >= 0.6 is 0 Å². The van der Waals surface area contributed by atoms with Crippen LogP contribution in [0.1, 0.15) is 15.9 Å². The molecule has 5 rings (SSSR count). The minimum atomic E-state index is -0.268. The second-order valence-electron chi connectivity index (χ2n) is 6.92. The van der Waals surface area contributed by atoms with E-state index in [0.717, 1.165) is 16.8 Å². The Morgan fingerprint density at radius 1 is 0.933 bits per heavy atom. The van der Waals surface area contributed by atoms with Crippen LogP contribution in [0.5, 0.6) is 0 Å². The topological polar surface area (TPSA) is 77.1 Å². The number of benzene rings is 2. The Labute approximate surface area is 172 Å². The Kier molecular flexibility index (Phi) is 4.33. The number of anilines is 1. The number of aryl methyl sites for hydroxylation is 1. The van der Waals surface area contributed by atoms with Gasteiger partial charge in [0.2, 0.25) is 0 Å². The van der Waals surface area contributed by atoms with E-state index in [-0.39, 0.29) is 5.91 Å². The maximum atomic E-state index is 13.2. The fraction of sp³-hybridized carbons (Fsp3) is 0.0435. The summed E-state index contributed by atoms with van der Waals surface area (Å²) in [6.07, 6.45) is 5.03. The number of fused-ring (bicyclic) bond motifs is 1. The lowest BCUT2D eigenvalue weighted by molar-refractivity contribution is 0.102. The van der Waals surface area contributed by atoms with Crippen molar-refractivity contribution in [2.45, 2.75) is 6.92 Å². The summed E-state index contributed by atoms with van der Waals surface area (Å²) < 4.78 is 3.32. The number of nitrogens with zero attached hydrogens (tertiary/aromatic N) is 5. The van der Waals surface area contributed by atoms with Crippen LogP contribution in [0, 0.1) is 6.92 Å². The van der Waals surface area contributed by atoms with Crippen molar-refractivity contribution in [3.05, 3.63) is 96.4 Å². The molecule has 5 aromatic rings. The van der Waals surface area contributed by atoms with E-state index in [1.807, 2.05) is 61.5 Å². The number of hydrogen-bond donors (Lipinski definition) is 1. The van der Waals surface area contributed by atoms with Crippen molar-refractivity contribution >= 4 is 17.4 Å². The van der Waals surface area contributed by atoms with E-state index in [1.54, 1.807) is 39.9 Å². The second kappa shape index (κ2) is 7.29. The molecule has 1 N–H and O–H groups in total. The van der Waals surface area contributed by atoms with Crippen molar-refractivity contribution in [1.82, 2.24) is 24.4 Å². The van der Waals surface area contributed by atoms with Crippen molar-refractivity contribution < 1.29 is 4.79 Å². The predicted octanol–water partition coefficient (Wildman–Crippen LogP) is 4.14. The number of carbonyl (C=O) groups excluding carboxylic acids is 1. The Morgan fingerprint density at radius 2 is 1.73 bits per heavy atom. The standard InChI is InChI=1S/C23H18N6O/c1-16-7-9-18(10-8-16)28-15-19(22(27-28)17-5-3-2-4-6-17)23(30)26-21-11-13-24-20-12-14-25-29(20)21/h2-15H,1H3,(H,26,30). The number of rotatable bonds is 4. The Bertz CT molecular complexity index is 1340. The number of carbonyl (C=O) groups is 1. The number of hydrogen-bond acceptors (Lipinski definition) is 4. The average molecular weight is 394 g/mol. The van der Waals surface area contributed by atoms with E-state index in [4.69, 9.17) is 5.10 Å². The molecule has 2 aromatic carbocycles. The highest BCUT2D eigenvalue weighted by molar-refractivity contribution is 6.07. The normalized spacial score (nSPS) is 11.0. The molecule has 146 valence electrons. The third-order valence-electron chi connectivity index (χ3n) is 4.84. The van der Waals surface area contributed by atoms with Gasteiger partial charge in [0.1, 0.15) is 11.5 Å². The van der Waals surface area contributed by atoms with Crippen molar-refractivity contribution in [1.29, 1.82) is 0 Å². The Morgan fingerprint density at radius 3 is 2.53 bits per heavy atom. The van der Waals surface area contributed by atoms with Crippen molar-refractivity contribution in [2.75, 3.05) is 5.32 Å². The van der Waals surface area contributed by atoms with Crippen molar-refractivity contribution in [3.8, 4) is 16.9 Å². The van der Waals surface area contributed by atoms with Gasteiger partial charge in [0.25, 0.3) is 5.91 Å². The molecule has 30 heavy (non-hydrogen) atoms. The lowest BCUT2D eigenvalue weighted by Crippen LogP contribution is -2.15. The van der Waals surface area contributed by atoms with Crippen LogP contribution in [0.2, 0.25) is 0 Å². The molecule has 0 aliphatic carbocycles. The van der Waals surface area contributed by atoms with Gasteiger partial charge in [0, 0.05) is 24.0 Å². The van der Waals surface area contributed by atoms with Crippen LogP contribution in [0.25, 0.3) is 22.6 Å². The summed E-state index contributed by atoms with van der Waals surface area (Å²) in [5, 5.41) is 11.9. The summed E-state index contributed by atoms with van der Waals surface area (Å²) in [7, 11) is 0. The maximum Gasteiger partial charge on any atom is 0.260 e. The molecule has 3 aromatic heterocycles. The summed E-state index contributed by atoms with van der Waals surface area (Å²) in [5.74, 6) is 0.271. The van der Waals surface area contributed by atoms with Gasteiger partial charge in [-0.15, -0.1) is 0 Å². The van der Waals surface area contributed by atoms with E-state index in [0.29, 0.717) is 22.7 Å². The molecule has 0 spiro atoms. The van der Waals surface area contributed by atoms with Gasteiger partial charge in [-0.05, 0) is 25.1 Å². The third-order valence-corrected chi connectivity index (χ3v) is 4.84. The Hall–Kier alpha value is -4.26. The summed E-state index contributed by atoms with van der Waals surface area (Å²) in [6, 6.07) is 21.2. The van der Waals surface area contributed by atoms with Gasteiger partial charge >= 0.3 is 0 Å². The zero-order valence-corrected chi connectivity index (χ0v) is 16.2. The minimum Gasteiger partial charge on any atom is -0.306 e. The molecule has 0 bridgehead atoms. The number of aromatic nitrogens is 5. The molecule has 3 heterocycles. The highest BCUT2D eigenvalue weighted by atomic mass is 16.1. The molecule has 0 aliphatic heterocycles. The molecular weight excluding hydrogens is 376 g/mol. The molecule has 0 saturated carbocycles. The first kappa shape index (κ1) is 17.8. The van der Waals surface area contributed by atoms with E-state index in [9.17, 15) is 4.79 Å². The SMILES string of the molecule is Cc1ccc(-n2cc(C(=O)Nc3ccnc4ccnn34)c(-c3ccccc3)n2)cc1. The molecule has 0 fully saturated rings. The lowest BCUT2D eigenvalue weighted by atomic mass is 10.1. The van der Waals surface area contributed by atoms with Crippen LogP contribution in [-0.2, 0) is 0 Å². The lowest BCUT2D eigenvalue weighted by Gasteiger charge is -2.07. The fourth-order valence-corrected chi connectivity index (χ4v) is 3.29. The highest BCUT2D eigenvalue weighted by Crippen LogP contribution is 2.25. The first-order valence-electron chi connectivity index (χ1n) is 9.51. The molecule has 0 saturated heterocycles. The molecule has 7 nitrogen and oxygen atoms in total. The molecule has 0 aliphatic rings. The van der Waals surface area contributed by atoms with Gasteiger partial charge in [-0.3, -0.25) is 4.79 Å². The van der Waals surface area contributed by atoms with Gasteiger partial charge in [-0.25, -0.2) is 9.67 Å². The zero-order chi connectivity index (χ0) is 20.5. The highest BCUT2D eigenvalue weighted by Gasteiger charge is 2.19. The van der Waals surface area contributed by atoms with E-state index in [2.05, 4.69) is 15.4 Å². The summed E-state index contributed by atoms with van der Waals surface area (Å²) in [5.41, 5.74) is 4.65. The van der Waals surface area contributed by atoms with Gasteiger partial charge in [-0.2, -0.15) is 14.7 Å². The summed E-state index contributed by atoms with van der Waals surface area (Å²) in [4.78, 5) is 17.5. The first-order valence-corrected chi connectivity index (χ1v) is 9.51. The largest absolute Gasteiger partial charge is 0.306 e. The predicted molar refractivity (Wildman–Crippen MR) is 115 cm³/mol. The maximum absolute atomic E-state index is 13.2. The van der Waals surface area contributed by atoms with Crippen molar-refractivity contribution in [3.63, 3.8) is 0 Å². The van der Waals surface area contributed by atoms with Gasteiger partial charge in [0.05, 0.1) is 17.4 Å². The van der Waals surface area contributed by atoms with Crippen LogP contribution in [0.4, 0.5) is 5.82 Å². The van der Waals surface area contributed by atoms with Crippen LogP contribution in [0.3, 0.4) is 0 Å². The first-order chi connectivity index (χ1) is 14.7. The molecule has 0 unspecified atom stereocenters. The molecule has 1 amide bonds. The summed E-state index contributed by atoms with van der Waals surface area (Å²) >= 11 is 0. The van der Waals surface area contributed by atoms with Crippen LogP contribution in [-0.4, -0.2) is 30.3 Å². The average Bonchev–Trinajstić information content (AvgIpc) is 3.43. The van der Waals surface area contributed by atoms with Crippen LogP contribution < -0.4 is 5.32 Å². The Balaban J connectivity index is 1.58. The molecule has 0 atom stereocenters. The number of nitrogens with one attached hydrogen (secondary N) is 1. The number of amides is 1. The van der Waals surface area contributed by atoms with E-state index < -0.39 is 0 Å². The third kappa shape index (κ3) is 3.22. The fourth-order valence-electron chi connectivity index (χ4n) is 3.29. The molecule has 7 heteroatoms. The monoisotopic (exact) mass is 394 g/mol. The van der Waals surface area contributed by atoms with Crippen LogP contribution in [0.15, 0.2) is 85.3 Å². The second-order valence-corrected chi connectivity index (χ2v) is 6.92. The molecular formula is C23H18N6O. The van der Waals surface area contributed by atoms with E-state index in [1.165, 1.54) is 0 Å². The summed E-state index contributed by atoms with van der Waals surface area (Å²) in [6.45, 7) is 2.03. The quantitative estimate of drug-likeness (QED) is 0.497. The minimum absolute atomic E-state index is 0.268. The van der Waals surface area contributed by atoms with E-state index >= 15 is 0 Å². The smallest absolute Gasteiger partial charge is 0.260 e. The molecule has 0 radical (unpaired) electrons. The van der Waals surface area contributed by atoms with Crippen molar-refractivity contribution in [2.24, 2.45) is 0 Å². The van der Waals surface area contributed by atoms with Gasteiger partial charge in [-0.1, -0.05) is 48.0 Å². The van der Waals surface area contributed by atoms with Gasteiger partial charge < -0.3 is 5.32 Å². The van der Waals surface area contributed by atoms with Gasteiger partial charge in [0.15, 0.2) is 5.65 Å².